The van der Waals surface area contributed by atoms with Gasteiger partial charge in [-0.05, 0) is 19.9 Å². The quantitative estimate of drug-likeness (QED) is 0.753. The monoisotopic (exact) mass is 272 g/mol. The zero-order valence-corrected chi connectivity index (χ0v) is 11.0. The molecule has 3 rings (SSSR count). The minimum absolute atomic E-state index is 0.0843. The molecule has 102 valence electrons. The van der Waals surface area contributed by atoms with Crippen molar-refractivity contribution in [1.82, 2.24) is 29.4 Å². The van der Waals surface area contributed by atoms with E-state index in [-0.39, 0.29) is 5.69 Å². The van der Waals surface area contributed by atoms with Crippen molar-refractivity contribution in [1.29, 1.82) is 0 Å². The summed E-state index contributed by atoms with van der Waals surface area (Å²) in [5.74, 6) is -0.476. The lowest BCUT2D eigenvalue weighted by Gasteiger charge is -1.98. The Hall–Kier alpha value is -2.77. The van der Waals surface area contributed by atoms with Gasteiger partial charge in [0.2, 0.25) is 5.78 Å². The lowest BCUT2D eigenvalue weighted by molar-refractivity contribution is 0.0690. The number of aromatic carboxylic acids is 1. The van der Waals surface area contributed by atoms with E-state index in [1.165, 1.54) is 10.9 Å². The Morgan fingerprint density at radius 1 is 1.30 bits per heavy atom. The highest BCUT2D eigenvalue weighted by Gasteiger charge is 2.10. The van der Waals surface area contributed by atoms with Crippen molar-refractivity contribution in [3.63, 3.8) is 0 Å². The minimum atomic E-state index is -1.10. The summed E-state index contributed by atoms with van der Waals surface area (Å²) in [4.78, 5) is 19.5. The molecule has 20 heavy (non-hydrogen) atoms. The van der Waals surface area contributed by atoms with Crippen LogP contribution in [0.4, 0.5) is 0 Å². The maximum absolute atomic E-state index is 10.7. The number of rotatable bonds is 3. The van der Waals surface area contributed by atoms with Crippen LogP contribution in [-0.2, 0) is 6.54 Å². The molecule has 3 aromatic rings. The van der Waals surface area contributed by atoms with Crippen molar-refractivity contribution in [2.75, 3.05) is 0 Å². The highest BCUT2D eigenvalue weighted by Crippen LogP contribution is 2.09. The summed E-state index contributed by atoms with van der Waals surface area (Å²) in [5.41, 5.74) is 2.60. The second-order valence-corrected chi connectivity index (χ2v) is 4.55. The van der Waals surface area contributed by atoms with Crippen LogP contribution in [0.15, 0.2) is 18.5 Å². The molecule has 1 N–H and O–H groups in total. The van der Waals surface area contributed by atoms with E-state index in [0.717, 1.165) is 17.1 Å². The number of hydrogen-bond acceptors (Lipinski definition) is 5. The van der Waals surface area contributed by atoms with Gasteiger partial charge in [0.1, 0.15) is 0 Å². The van der Waals surface area contributed by atoms with E-state index in [0.29, 0.717) is 12.3 Å². The summed E-state index contributed by atoms with van der Waals surface area (Å²) in [6.07, 6.45) is 3.23. The summed E-state index contributed by atoms with van der Waals surface area (Å²) in [5, 5.41) is 16.1. The van der Waals surface area contributed by atoms with Gasteiger partial charge in [0.15, 0.2) is 5.69 Å². The number of carboxylic acid groups (broad SMARTS) is 1. The van der Waals surface area contributed by atoms with E-state index >= 15 is 0 Å². The smallest absolute Gasteiger partial charge is 0.358 e. The van der Waals surface area contributed by atoms with E-state index in [1.807, 2.05) is 30.5 Å². The Labute approximate surface area is 113 Å². The number of imidazole rings is 1. The Bertz CT molecular complexity index is 803. The number of aryl methyl sites for hydroxylation is 2. The van der Waals surface area contributed by atoms with Gasteiger partial charge < -0.3 is 5.11 Å². The highest BCUT2D eigenvalue weighted by atomic mass is 16.4. The van der Waals surface area contributed by atoms with Gasteiger partial charge in [-0.15, -0.1) is 5.10 Å². The van der Waals surface area contributed by atoms with Gasteiger partial charge in [0.05, 0.1) is 18.4 Å². The molecular formula is C12H12N6O2. The van der Waals surface area contributed by atoms with Crippen molar-refractivity contribution >= 4 is 11.7 Å². The van der Waals surface area contributed by atoms with Gasteiger partial charge in [0.25, 0.3) is 0 Å². The van der Waals surface area contributed by atoms with Crippen LogP contribution in [0, 0.1) is 13.8 Å². The lowest BCUT2D eigenvalue weighted by atomic mass is 10.3. The molecule has 0 unspecified atom stereocenters. The van der Waals surface area contributed by atoms with Gasteiger partial charge in [-0.2, -0.15) is 0 Å². The maximum Gasteiger partial charge on any atom is 0.358 e. The molecule has 0 spiro atoms. The van der Waals surface area contributed by atoms with Crippen molar-refractivity contribution in [2.24, 2.45) is 0 Å². The third-order valence-electron chi connectivity index (χ3n) is 2.89. The molecule has 0 amide bonds. The predicted molar refractivity (Wildman–Crippen MR) is 68.5 cm³/mol. The van der Waals surface area contributed by atoms with Crippen LogP contribution in [0.25, 0.3) is 5.78 Å². The lowest BCUT2D eigenvalue weighted by Crippen LogP contribution is -2.00. The van der Waals surface area contributed by atoms with Gasteiger partial charge in [-0.1, -0.05) is 5.21 Å². The van der Waals surface area contributed by atoms with Crippen LogP contribution >= 0.6 is 0 Å². The third-order valence-corrected chi connectivity index (χ3v) is 2.89. The summed E-state index contributed by atoms with van der Waals surface area (Å²) in [6.45, 7) is 4.24. The second kappa shape index (κ2) is 4.41. The van der Waals surface area contributed by atoms with E-state index in [4.69, 9.17) is 5.11 Å². The fourth-order valence-corrected chi connectivity index (χ4v) is 2.03. The van der Waals surface area contributed by atoms with Crippen LogP contribution in [0.3, 0.4) is 0 Å². The Morgan fingerprint density at radius 3 is 2.80 bits per heavy atom. The number of fused-ring (bicyclic) bond motifs is 1. The summed E-state index contributed by atoms with van der Waals surface area (Å²) < 4.78 is 3.32. The molecule has 3 heterocycles. The highest BCUT2D eigenvalue weighted by molar-refractivity contribution is 5.84. The number of hydrogen-bond donors (Lipinski definition) is 1. The molecule has 0 aliphatic rings. The molecule has 0 atom stereocenters. The van der Waals surface area contributed by atoms with E-state index in [1.54, 1.807) is 0 Å². The van der Waals surface area contributed by atoms with E-state index in [2.05, 4.69) is 20.3 Å². The summed E-state index contributed by atoms with van der Waals surface area (Å²) >= 11 is 0. The van der Waals surface area contributed by atoms with Crippen molar-refractivity contribution < 1.29 is 9.90 Å². The van der Waals surface area contributed by atoms with E-state index < -0.39 is 5.97 Å². The molecule has 0 aliphatic carbocycles. The first-order chi connectivity index (χ1) is 9.52. The fraction of sp³-hybridized carbons (Fsp3) is 0.250. The second-order valence-electron chi connectivity index (χ2n) is 4.55. The Balaban J connectivity index is 1.94. The fourth-order valence-electron chi connectivity index (χ4n) is 2.03. The van der Waals surface area contributed by atoms with Crippen LogP contribution in [0.2, 0.25) is 0 Å². The van der Waals surface area contributed by atoms with Gasteiger partial charge in [0, 0.05) is 17.6 Å². The average Bonchev–Trinajstić information content (AvgIpc) is 2.96. The molecule has 0 fully saturated rings. The predicted octanol–water partition coefficient (Wildman–Crippen LogP) is 0.684. The van der Waals surface area contributed by atoms with Crippen molar-refractivity contribution in [2.45, 2.75) is 20.4 Å². The van der Waals surface area contributed by atoms with Crippen molar-refractivity contribution in [3.8, 4) is 0 Å². The molecule has 0 saturated carbocycles. The molecule has 0 aromatic carbocycles. The maximum atomic E-state index is 10.7. The molecule has 8 heteroatoms. The van der Waals surface area contributed by atoms with Gasteiger partial charge >= 0.3 is 5.97 Å². The number of carboxylic acids is 1. The molecular weight excluding hydrogens is 260 g/mol. The van der Waals surface area contributed by atoms with E-state index in [9.17, 15) is 4.79 Å². The van der Waals surface area contributed by atoms with Crippen molar-refractivity contribution in [3.05, 3.63) is 41.2 Å². The van der Waals surface area contributed by atoms with Crippen LogP contribution < -0.4 is 0 Å². The largest absolute Gasteiger partial charge is 0.476 e. The standard InChI is InChI=1S/C12H12N6O2/c1-7-3-8(2)18-5-9(14-12(18)13-7)4-17-6-10(11(19)20)15-16-17/h3,5-6H,4H2,1-2H3,(H,19,20). The summed E-state index contributed by atoms with van der Waals surface area (Å²) in [7, 11) is 0. The first kappa shape index (κ1) is 12.3. The van der Waals surface area contributed by atoms with Crippen LogP contribution in [0.1, 0.15) is 27.6 Å². The molecule has 0 bridgehead atoms. The zero-order valence-electron chi connectivity index (χ0n) is 11.0. The zero-order chi connectivity index (χ0) is 14.3. The van der Waals surface area contributed by atoms with Crippen LogP contribution in [0.5, 0.6) is 0 Å². The van der Waals surface area contributed by atoms with Gasteiger partial charge in [-0.3, -0.25) is 4.40 Å². The Morgan fingerprint density at radius 2 is 2.10 bits per heavy atom. The number of aromatic nitrogens is 6. The minimum Gasteiger partial charge on any atom is -0.476 e. The number of carbonyl (C=O) groups is 1. The molecule has 0 aliphatic heterocycles. The normalized spacial score (nSPS) is 11.1. The van der Waals surface area contributed by atoms with Crippen LogP contribution in [-0.4, -0.2) is 40.4 Å². The summed E-state index contributed by atoms with van der Waals surface area (Å²) in [6, 6.07) is 1.97. The molecule has 3 aromatic heterocycles. The molecule has 8 nitrogen and oxygen atoms in total. The first-order valence-corrected chi connectivity index (χ1v) is 5.98. The third kappa shape index (κ3) is 2.11. The number of nitrogens with zero attached hydrogens (tertiary/aromatic N) is 6. The molecule has 0 saturated heterocycles. The van der Waals surface area contributed by atoms with Gasteiger partial charge in [-0.25, -0.2) is 19.4 Å². The first-order valence-electron chi connectivity index (χ1n) is 5.98. The average molecular weight is 272 g/mol. The SMILES string of the molecule is Cc1cc(C)n2cc(Cn3cc(C(=O)O)nn3)nc2n1. The topological polar surface area (TPSA) is 98.2 Å². The Kier molecular flexibility index (Phi) is 2.70. The molecule has 0 radical (unpaired) electrons.